The van der Waals surface area contributed by atoms with Gasteiger partial charge in [0.1, 0.15) is 0 Å². The maximum atomic E-state index is 11.2. The summed E-state index contributed by atoms with van der Waals surface area (Å²) in [5.41, 5.74) is 0.922. The molecule has 0 spiro atoms. The molecule has 2 N–H and O–H groups in total. The first-order valence-electron chi connectivity index (χ1n) is 6.52. The van der Waals surface area contributed by atoms with Crippen molar-refractivity contribution in [2.75, 3.05) is 25.1 Å². The van der Waals surface area contributed by atoms with Crippen LogP contribution < -0.4 is 5.32 Å². The number of ether oxygens (including phenoxy) is 1. The van der Waals surface area contributed by atoms with Gasteiger partial charge in [0, 0.05) is 29.9 Å². The van der Waals surface area contributed by atoms with Crippen molar-refractivity contribution in [3.05, 3.63) is 28.2 Å². The van der Waals surface area contributed by atoms with Gasteiger partial charge in [0.15, 0.2) is 0 Å². The largest absolute Gasteiger partial charge is 0.478 e. The van der Waals surface area contributed by atoms with Crippen LogP contribution in [0.2, 0.25) is 0 Å². The number of carbonyl (C=O) groups is 1. The number of benzene rings is 1. The van der Waals surface area contributed by atoms with Crippen molar-refractivity contribution in [3.63, 3.8) is 0 Å². The van der Waals surface area contributed by atoms with E-state index < -0.39 is 5.97 Å². The Kier molecular flexibility index (Phi) is 5.22. The maximum absolute atomic E-state index is 11.2. The summed E-state index contributed by atoms with van der Waals surface area (Å²) in [6.45, 7) is 2.30. The number of rotatable bonds is 8. The number of nitrogens with one attached hydrogen (secondary N) is 1. The SMILES string of the molecule is O=C(O)c1c(Br)cccc1NCCCOCC1CC1. The Morgan fingerprint density at radius 2 is 2.26 bits per heavy atom. The third kappa shape index (κ3) is 4.51. The van der Waals surface area contributed by atoms with Gasteiger partial charge in [-0.3, -0.25) is 0 Å². The van der Waals surface area contributed by atoms with E-state index >= 15 is 0 Å². The Morgan fingerprint density at radius 3 is 2.95 bits per heavy atom. The minimum Gasteiger partial charge on any atom is -0.478 e. The lowest BCUT2D eigenvalue weighted by molar-refractivity contribution is 0.0697. The van der Waals surface area contributed by atoms with Crippen molar-refractivity contribution in [3.8, 4) is 0 Å². The molecular formula is C14H18BrNO3. The van der Waals surface area contributed by atoms with E-state index in [-0.39, 0.29) is 5.56 Å². The van der Waals surface area contributed by atoms with Gasteiger partial charge in [-0.05, 0) is 53.2 Å². The molecule has 1 saturated carbocycles. The van der Waals surface area contributed by atoms with Gasteiger partial charge in [0.05, 0.1) is 5.56 Å². The van der Waals surface area contributed by atoms with Crippen molar-refractivity contribution in [1.82, 2.24) is 0 Å². The minimum atomic E-state index is -0.931. The molecule has 0 amide bonds. The van der Waals surface area contributed by atoms with E-state index in [1.807, 2.05) is 6.07 Å². The molecule has 0 aromatic heterocycles. The van der Waals surface area contributed by atoms with E-state index in [1.165, 1.54) is 12.8 Å². The molecule has 1 aromatic carbocycles. The molecular weight excluding hydrogens is 310 g/mol. The van der Waals surface area contributed by atoms with Crippen LogP contribution in [0.5, 0.6) is 0 Å². The van der Waals surface area contributed by atoms with Crippen molar-refractivity contribution < 1.29 is 14.6 Å². The number of hydrogen-bond donors (Lipinski definition) is 2. The Balaban J connectivity index is 1.75. The van der Waals surface area contributed by atoms with Gasteiger partial charge in [0.25, 0.3) is 0 Å². The van der Waals surface area contributed by atoms with Gasteiger partial charge in [-0.2, -0.15) is 0 Å². The fourth-order valence-corrected chi connectivity index (χ4v) is 2.36. The van der Waals surface area contributed by atoms with Crippen molar-refractivity contribution in [1.29, 1.82) is 0 Å². The number of carboxylic acids is 1. The molecule has 5 heteroatoms. The molecule has 0 atom stereocenters. The monoisotopic (exact) mass is 327 g/mol. The van der Waals surface area contributed by atoms with Crippen LogP contribution in [0.3, 0.4) is 0 Å². The summed E-state index contributed by atoms with van der Waals surface area (Å²) >= 11 is 3.26. The lowest BCUT2D eigenvalue weighted by Crippen LogP contribution is -2.10. The second kappa shape index (κ2) is 6.91. The summed E-state index contributed by atoms with van der Waals surface area (Å²) < 4.78 is 6.12. The first kappa shape index (κ1) is 14.3. The summed E-state index contributed by atoms with van der Waals surface area (Å²) in [4.78, 5) is 11.2. The predicted octanol–water partition coefficient (Wildman–Crippen LogP) is 3.38. The number of hydrogen-bond acceptors (Lipinski definition) is 3. The minimum absolute atomic E-state index is 0.279. The van der Waals surface area contributed by atoms with Crippen LogP contribution in [0, 0.1) is 5.92 Å². The Morgan fingerprint density at radius 1 is 1.47 bits per heavy atom. The van der Waals surface area contributed by atoms with Crippen molar-refractivity contribution >= 4 is 27.6 Å². The normalized spacial score (nSPS) is 14.4. The second-order valence-electron chi connectivity index (χ2n) is 4.77. The molecule has 4 nitrogen and oxygen atoms in total. The smallest absolute Gasteiger partial charge is 0.338 e. The van der Waals surface area contributed by atoms with E-state index in [2.05, 4.69) is 21.2 Å². The average Bonchev–Trinajstić information content (AvgIpc) is 3.17. The zero-order valence-electron chi connectivity index (χ0n) is 10.7. The van der Waals surface area contributed by atoms with E-state index in [1.54, 1.807) is 12.1 Å². The molecule has 0 heterocycles. The van der Waals surface area contributed by atoms with Crippen LogP contribution in [0.25, 0.3) is 0 Å². The maximum Gasteiger partial charge on any atom is 0.338 e. The van der Waals surface area contributed by atoms with Crippen LogP contribution in [0.1, 0.15) is 29.6 Å². The van der Waals surface area contributed by atoms with Gasteiger partial charge in [-0.15, -0.1) is 0 Å². The zero-order chi connectivity index (χ0) is 13.7. The molecule has 1 aromatic rings. The lowest BCUT2D eigenvalue weighted by atomic mass is 10.2. The summed E-state index contributed by atoms with van der Waals surface area (Å²) in [5, 5.41) is 12.3. The molecule has 2 rings (SSSR count). The molecule has 1 aliphatic rings. The summed E-state index contributed by atoms with van der Waals surface area (Å²) in [7, 11) is 0. The van der Waals surface area contributed by atoms with E-state index in [9.17, 15) is 4.79 Å². The highest BCUT2D eigenvalue weighted by Crippen LogP contribution is 2.28. The van der Waals surface area contributed by atoms with Gasteiger partial charge in [0.2, 0.25) is 0 Å². The zero-order valence-corrected chi connectivity index (χ0v) is 12.3. The number of halogens is 1. The third-order valence-electron chi connectivity index (χ3n) is 3.06. The first-order valence-corrected chi connectivity index (χ1v) is 7.31. The predicted molar refractivity (Wildman–Crippen MR) is 77.8 cm³/mol. The van der Waals surface area contributed by atoms with Gasteiger partial charge in [-0.1, -0.05) is 6.07 Å². The van der Waals surface area contributed by atoms with Crippen LogP contribution in [0.4, 0.5) is 5.69 Å². The second-order valence-corrected chi connectivity index (χ2v) is 5.62. The standard InChI is InChI=1S/C14H18BrNO3/c15-11-3-1-4-12(13(11)14(17)18)16-7-2-8-19-9-10-5-6-10/h1,3-4,10,16H,2,5-9H2,(H,17,18). The summed E-state index contributed by atoms with van der Waals surface area (Å²) in [5.74, 6) is -0.142. The topological polar surface area (TPSA) is 58.6 Å². The third-order valence-corrected chi connectivity index (χ3v) is 3.72. The molecule has 1 aliphatic carbocycles. The molecule has 0 unspecified atom stereocenters. The highest BCUT2D eigenvalue weighted by molar-refractivity contribution is 9.10. The molecule has 0 radical (unpaired) electrons. The lowest BCUT2D eigenvalue weighted by Gasteiger charge is -2.11. The van der Waals surface area contributed by atoms with Crippen LogP contribution in [0.15, 0.2) is 22.7 Å². The van der Waals surface area contributed by atoms with E-state index in [0.29, 0.717) is 16.7 Å². The Hall–Kier alpha value is -1.07. The average molecular weight is 328 g/mol. The van der Waals surface area contributed by atoms with Crippen LogP contribution in [-0.2, 0) is 4.74 Å². The quantitative estimate of drug-likeness (QED) is 0.718. The van der Waals surface area contributed by atoms with Crippen LogP contribution >= 0.6 is 15.9 Å². The molecule has 0 bridgehead atoms. The Labute approximate surface area is 121 Å². The molecule has 19 heavy (non-hydrogen) atoms. The number of aromatic carboxylic acids is 1. The highest BCUT2D eigenvalue weighted by Gasteiger charge is 2.20. The van der Waals surface area contributed by atoms with Crippen molar-refractivity contribution in [2.45, 2.75) is 19.3 Å². The molecule has 1 fully saturated rings. The van der Waals surface area contributed by atoms with Gasteiger partial charge in [-0.25, -0.2) is 4.79 Å². The number of carboxylic acid groups (broad SMARTS) is 1. The fraction of sp³-hybridized carbons (Fsp3) is 0.500. The fourth-order valence-electron chi connectivity index (χ4n) is 1.82. The van der Waals surface area contributed by atoms with Crippen molar-refractivity contribution in [2.24, 2.45) is 5.92 Å². The number of anilines is 1. The molecule has 0 aliphatic heterocycles. The molecule has 0 saturated heterocycles. The van der Waals surface area contributed by atoms with Gasteiger partial charge < -0.3 is 15.2 Å². The van der Waals surface area contributed by atoms with Gasteiger partial charge >= 0.3 is 5.97 Å². The molecule has 104 valence electrons. The van der Waals surface area contributed by atoms with E-state index in [4.69, 9.17) is 9.84 Å². The van der Waals surface area contributed by atoms with E-state index in [0.717, 1.165) is 25.6 Å². The summed E-state index contributed by atoms with van der Waals surface area (Å²) in [6.07, 6.45) is 3.48. The highest BCUT2D eigenvalue weighted by atomic mass is 79.9. The summed E-state index contributed by atoms with van der Waals surface area (Å²) in [6, 6.07) is 5.33. The Bertz CT molecular complexity index is 446. The van der Waals surface area contributed by atoms with Crippen LogP contribution in [-0.4, -0.2) is 30.8 Å². The first-order chi connectivity index (χ1) is 9.18.